The van der Waals surface area contributed by atoms with Gasteiger partial charge in [-0.25, -0.2) is 4.98 Å². The summed E-state index contributed by atoms with van der Waals surface area (Å²) in [4.78, 5) is 22.3. The first-order valence-corrected chi connectivity index (χ1v) is 5.39. The van der Waals surface area contributed by atoms with Crippen molar-refractivity contribution in [2.75, 3.05) is 5.73 Å². The molecular formula is C11H12N5O. The molecule has 0 saturated heterocycles. The van der Waals surface area contributed by atoms with Crippen LogP contribution >= 0.6 is 0 Å². The van der Waals surface area contributed by atoms with Crippen LogP contribution in [-0.4, -0.2) is 19.5 Å². The second-order valence-corrected chi connectivity index (χ2v) is 4.22. The number of aromatic amines is 1. The summed E-state index contributed by atoms with van der Waals surface area (Å²) in [7, 11) is 0. The number of H-pyrrole nitrogens is 1. The minimum atomic E-state index is -0.306. The van der Waals surface area contributed by atoms with Gasteiger partial charge in [-0.2, -0.15) is 4.98 Å². The highest BCUT2D eigenvalue weighted by atomic mass is 16.1. The van der Waals surface area contributed by atoms with E-state index in [1.807, 2.05) is 10.6 Å². The molecule has 3 rings (SSSR count). The summed E-state index contributed by atoms with van der Waals surface area (Å²) in [5.41, 5.74) is 6.08. The van der Waals surface area contributed by atoms with Gasteiger partial charge < -0.3 is 10.3 Å². The van der Waals surface area contributed by atoms with Gasteiger partial charge in [-0.05, 0) is 19.3 Å². The van der Waals surface area contributed by atoms with Crippen LogP contribution in [0.2, 0.25) is 0 Å². The van der Waals surface area contributed by atoms with Crippen LogP contribution in [0.15, 0.2) is 23.3 Å². The maximum atomic E-state index is 11.6. The van der Waals surface area contributed by atoms with Gasteiger partial charge in [-0.1, -0.05) is 12.2 Å². The Labute approximate surface area is 97.2 Å². The molecule has 0 spiro atoms. The number of allylic oxidation sites excluding steroid dienone is 2. The summed E-state index contributed by atoms with van der Waals surface area (Å²) >= 11 is 0. The molecule has 1 aliphatic rings. The Morgan fingerprint density at radius 1 is 1.53 bits per heavy atom. The van der Waals surface area contributed by atoms with Gasteiger partial charge in [0.1, 0.15) is 0 Å². The van der Waals surface area contributed by atoms with Crippen molar-refractivity contribution in [1.82, 2.24) is 19.5 Å². The predicted octanol–water partition coefficient (Wildman–Crippen LogP) is 0.653. The average Bonchev–Trinajstić information content (AvgIpc) is 2.83. The minimum Gasteiger partial charge on any atom is -0.369 e. The Balaban J connectivity index is 2.18. The van der Waals surface area contributed by atoms with Gasteiger partial charge >= 0.3 is 0 Å². The molecule has 6 heteroatoms. The Bertz CT molecular complexity index is 653. The standard InChI is InChI=1S/C11H12N5O/c1-6-2-3-7(4-6)16-5-13-8-9(16)14-11(12)15-10(8)17/h2-3,5-7H,1,4H2,(H3,12,14,15,17)/t6-,7+/m1/s1. The predicted molar refractivity (Wildman–Crippen MR) is 64.2 cm³/mol. The van der Waals surface area contributed by atoms with E-state index < -0.39 is 0 Å². The zero-order valence-corrected chi connectivity index (χ0v) is 9.13. The molecule has 0 bridgehead atoms. The summed E-state index contributed by atoms with van der Waals surface area (Å²) in [6, 6.07) is 0.149. The van der Waals surface area contributed by atoms with Crippen molar-refractivity contribution in [1.29, 1.82) is 0 Å². The van der Waals surface area contributed by atoms with Crippen molar-refractivity contribution < 1.29 is 0 Å². The molecule has 87 valence electrons. The lowest BCUT2D eigenvalue weighted by atomic mass is 10.1. The van der Waals surface area contributed by atoms with Crippen LogP contribution in [0.25, 0.3) is 11.2 Å². The number of hydrogen-bond donors (Lipinski definition) is 2. The van der Waals surface area contributed by atoms with Crippen LogP contribution in [0.3, 0.4) is 0 Å². The monoisotopic (exact) mass is 230 g/mol. The maximum Gasteiger partial charge on any atom is 0.280 e. The van der Waals surface area contributed by atoms with E-state index in [0.717, 1.165) is 6.42 Å². The van der Waals surface area contributed by atoms with Gasteiger partial charge in [0.15, 0.2) is 11.2 Å². The number of rotatable bonds is 1. The highest BCUT2D eigenvalue weighted by Gasteiger charge is 2.20. The fourth-order valence-corrected chi connectivity index (χ4v) is 2.14. The SMILES string of the molecule is [CH2][C@@H]1C=C[C@H](n2cnc3c(=O)[nH]c(N)nc32)C1. The van der Waals surface area contributed by atoms with E-state index in [9.17, 15) is 4.79 Å². The van der Waals surface area contributed by atoms with Gasteiger partial charge in [-0.15, -0.1) is 0 Å². The fourth-order valence-electron chi connectivity index (χ4n) is 2.14. The van der Waals surface area contributed by atoms with Crippen molar-refractivity contribution >= 4 is 17.1 Å². The molecule has 2 atom stereocenters. The largest absolute Gasteiger partial charge is 0.369 e. The lowest BCUT2D eigenvalue weighted by Crippen LogP contribution is -2.13. The summed E-state index contributed by atoms with van der Waals surface area (Å²) in [6.07, 6.45) is 6.62. The van der Waals surface area contributed by atoms with E-state index in [2.05, 4.69) is 28.0 Å². The molecule has 0 fully saturated rings. The number of hydrogen-bond acceptors (Lipinski definition) is 4. The molecule has 0 aromatic carbocycles. The van der Waals surface area contributed by atoms with Gasteiger partial charge in [0.2, 0.25) is 5.95 Å². The molecule has 1 aliphatic carbocycles. The molecule has 2 aromatic heterocycles. The molecular weight excluding hydrogens is 218 g/mol. The Morgan fingerprint density at radius 2 is 2.35 bits per heavy atom. The zero-order chi connectivity index (χ0) is 12.0. The fraction of sp³-hybridized carbons (Fsp3) is 0.273. The lowest BCUT2D eigenvalue weighted by Gasteiger charge is -2.11. The number of fused-ring (bicyclic) bond motifs is 1. The van der Waals surface area contributed by atoms with E-state index in [1.165, 1.54) is 0 Å². The quantitative estimate of drug-likeness (QED) is 0.704. The summed E-state index contributed by atoms with van der Waals surface area (Å²) < 4.78 is 1.86. The molecule has 3 N–H and O–H groups in total. The Morgan fingerprint density at radius 3 is 3.06 bits per heavy atom. The third-order valence-corrected chi connectivity index (χ3v) is 2.96. The number of nitrogen functional groups attached to an aromatic ring is 1. The highest BCUT2D eigenvalue weighted by molar-refractivity contribution is 5.70. The number of nitrogens with zero attached hydrogens (tertiary/aromatic N) is 3. The summed E-state index contributed by atoms with van der Waals surface area (Å²) in [6.45, 7) is 3.98. The molecule has 0 aliphatic heterocycles. The van der Waals surface area contributed by atoms with Crippen LogP contribution in [0, 0.1) is 12.8 Å². The van der Waals surface area contributed by atoms with Crippen LogP contribution in [0.1, 0.15) is 12.5 Å². The van der Waals surface area contributed by atoms with Crippen LogP contribution in [0.4, 0.5) is 5.95 Å². The molecule has 0 saturated carbocycles. The first-order valence-electron chi connectivity index (χ1n) is 5.39. The molecule has 17 heavy (non-hydrogen) atoms. The number of imidazole rings is 1. The normalized spacial score (nSPS) is 23.6. The molecule has 1 radical (unpaired) electrons. The second kappa shape index (κ2) is 3.44. The number of aromatic nitrogens is 4. The van der Waals surface area contributed by atoms with Crippen molar-refractivity contribution in [2.24, 2.45) is 5.92 Å². The van der Waals surface area contributed by atoms with E-state index >= 15 is 0 Å². The van der Waals surface area contributed by atoms with Crippen LogP contribution < -0.4 is 11.3 Å². The molecule has 6 nitrogen and oxygen atoms in total. The van der Waals surface area contributed by atoms with E-state index in [0.29, 0.717) is 11.2 Å². The third-order valence-electron chi connectivity index (χ3n) is 2.96. The topological polar surface area (TPSA) is 89.6 Å². The molecule has 2 aromatic rings. The van der Waals surface area contributed by atoms with Gasteiger partial charge in [-0.3, -0.25) is 9.78 Å². The van der Waals surface area contributed by atoms with Crippen LogP contribution in [-0.2, 0) is 0 Å². The van der Waals surface area contributed by atoms with Crippen molar-refractivity contribution in [3.05, 3.63) is 35.8 Å². The van der Waals surface area contributed by atoms with Crippen molar-refractivity contribution in [2.45, 2.75) is 12.5 Å². The van der Waals surface area contributed by atoms with E-state index in [-0.39, 0.29) is 23.5 Å². The number of nitrogens with two attached hydrogens (primary N) is 1. The molecule has 2 heterocycles. The molecule has 0 amide bonds. The van der Waals surface area contributed by atoms with E-state index in [1.54, 1.807) is 6.33 Å². The first-order chi connectivity index (χ1) is 8.15. The Hall–Kier alpha value is -2.11. The van der Waals surface area contributed by atoms with Gasteiger partial charge in [0.05, 0.1) is 12.4 Å². The smallest absolute Gasteiger partial charge is 0.280 e. The van der Waals surface area contributed by atoms with Gasteiger partial charge in [0, 0.05) is 0 Å². The van der Waals surface area contributed by atoms with Crippen LogP contribution in [0.5, 0.6) is 0 Å². The highest BCUT2D eigenvalue weighted by Crippen LogP contribution is 2.28. The Kier molecular flexibility index (Phi) is 2.04. The molecule has 0 unspecified atom stereocenters. The average molecular weight is 230 g/mol. The zero-order valence-electron chi connectivity index (χ0n) is 9.13. The lowest BCUT2D eigenvalue weighted by molar-refractivity contribution is 0.559. The van der Waals surface area contributed by atoms with E-state index in [4.69, 9.17) is 5.73 Å². The summed E-state index contributed by atoms with van der Waals surface area (Å²) in [5, 5.41) is 0. The minimum absolute atomic E-state index is 0.109. The van der Waals surface area contributed by atoms with Crippen molar-refractivity contribution in [3.63, 3.8) is 0 Å². The second-order valence-electron chi connectivity index (χ2n) is 4.22. The number of nitrogens with one attached hydrogen (secondary N) is 1. The summed E-state index contributed by atoms with van der Waals surface area (Å²) in [5.74, 6) is 0.397. The maximum absolute atomic E-state index is 11.6. The third kappa shape index (κ3) is 1.52. The van der Waals surface area contributed by atoms with Gasteiger partial charge in [0.25, 0.3) is 5.56 Å². The number of anilines is 1. The first kappa shape index (κ1) is 10.1. The van der Waals surface area contributed by atoms with Crippen molar-refractivity contribution in [3.8, 4) is 0 Å².